The van der Waals surface area contributed by atoms with E-state index in [0.29, 0.717) is 22.8 Å². The summed E-state index contributed by atoms with van der Waals surface area (Å²) in [5.74, 6) is 0.351. The van der Waals surface area contributed by atoms with E-state index in [1.54, 1.807) is 43.5 Å². The molecule has 0 fully saturated rings. The van der Waals surface area contributed by atoms with Gasteiger partial charge in [0.2, 0.25) is 0 Å². The van der Waals surface area contributed by atoms with Crippen LogP contribution in [0.25, 0.3) is 0 Å². The van der Waals surface area contributed by atoms with Gasteiger partial charge in [-0.15, -0.1) is 0 Å². The van der Waals surface area contributed by atoms with Gasteiger partial charge in [0.05, 0.1) is 12.8 Å². The number of hydrogen-bond donors (Lipinski definition) is 1. The van der Waals surface area contributed by atoms with Crippen LogP contribution < -0.4 is 10.2 Å². The standard InChI is InChI=1S/C17H17ClN2O2/c1-3-16(12-7-9-14(18)10-8-12)19-20-17(21)13-5-4-6-15(11-13)22-2/h4-11H,3H2,1-2H3,(H,20,21)/b19-16+. The molecule has 0 aromatic heterocycles. The number of rotatable bonds is 5. The number of hydrazone groups is 1. The fourth-order valence-electron chi connectivity index (χ4n) is 1.94. The van der Waals surface area contributed by atoms with Crippen molar-refractivity contribution in [1.82, 2.24) is 5.43 Å². The zero-order valence-electron chi connectivity index (χ0n) is 12.5. The van der Waals surface area contributed by atoms with Crippen molar-refractivity contribution in [3.63, 3.8) is 0 Å². The van der Waals surface area contributed by atoms with E-state index in [4.69, 9.17) is 16.3 Å². The van der Waals surface area contributed by atoms with Crippen LogP contribution in [0.3, 0.4) is 0 Å². The van der Waals surface area contributed by atoms with Crippen LogP contribution in [-0.4, -0.2) is 18.7 Å². The van der Waals surface area contributed by atoms with Crippen molar-refractivity contribution in [3.8, 4) is 5.75 Å². The smallest absolute Gasteiger partial charge is 0.271 e. The van der Waals surface area contributed by atoms with Crippen molar-refractivity contribution in [2.75, 3.05) is 7.11 Å². The summed E-state index contributed by atoms with van der Waals surface area (Å²) >= 11 is 5.87. The molecule has 2 aromatic rings. The third-order valence-corrected chi connectivity index (χ3v) is 3.39. The number of nitrogens with one attached hydrogen (secondary N) is 1. The Hall–Kier alpha value is -2.33. The lowest BCUT2D eigenvalue weighted by Crippen LogP contribution is -2.20. The molecule has 2 rings (SSSR count). The van der Waals surface area contributed by atoms with Gasteiger partial charge in [-0.25, -0.2) is 5.43 Å². The molecule has 0 saturated carbocycles. The van der Waals surface area contributed by atoms with Gasteiger partial charge in [0.15, 0.2) is 0 Å². The van der Waals surface area contributed by atoms with E-state index in [9.17, 15) is 4.79 Å². The zero-order valence-corrected chi connectivity index (χ0v) is 13.2. The molecular formula is C17H17ClN2O2. The molecule has 0 aliphatic heterocycles. The van der Waals surface area contributed by atoms with E-state index in [2.05, 4.69) is 10.5 Å². The number of methoxy groups -OCH3 is 1. The van der Waals surface area contributed by atoms with Crippen LogP contribution in [0, 0.1) is 0 Å². The van der Waals surface area contributed by atoms with Gasteiger partial charge in [0.25, 0.3) is 5.91 Å². The number of hydrogen-bond acceptors (Lipinski definition) is 3. The van der Waals surface area contributed by atoms with Crippen molar-refractivity contribution < 1.29 is 9.53 Å². The van der Waals surface area contributed by atoms with Gasteiger partial charge in [-0.3, -0.25) is 4.79 Å². The maximum absolute atomic E-state index is 12.1. The highest BCUT2D eigenvalue weighted by molar-refractivity contribution is 6.30. The summed E-state index contributed by atoms with van der Waals surface area (Å²) in [5.41, 5.74) is 4.78. The van der Waals surface area contributed by atoms with E-state index in [1.165, 1.54) is 0 Å². The topological polar surface area (TPSA) is 50.7 Å². The second kappa shape index (κ2) is 7.61. The normalized spacial score (nSPS) is 11.1. The van der Waals surface area contributed by atoms with Crippen molar-refractivity contribution >= 4 is 23.2 Å². The second-order valence-corrected chi connectivity index (χ2v) is 5.03. The molecule has 0 bridgehead atoms. The predicted octanol–water partition coefficient (Wildman–Crippen LogP) is 3.89. The van der Waals surface area contributed by atoms with Crippen LogP contribution in [-0.2, 0) is 0 Å². The Morgan fingerprint density at radius 1 is 1.18 bits per heavy atom. The van der Waals surface area contributed by atoms with Gasteiger partial charge in [0.1, 0.15) is 5.75 Å². The Morgan fingerprint density at radius 3 is 2.55 bits per heavy atom. The Bertz CT molecular complexity index is 681. The summed E-state index contributed by atoms with van der Waals surface area (Å²) in [4.78, 5) is 12.1. The maximum atomic E-state index is 12.1. The summed E-state index contributed by atoms with van der Waals surface area (Å²) in [6, 6.07) is 14.3. The largest absolute Gasteiger partial charge is 0.497 e. The fourth-order valence-corrected chi connectivity index (χ4v) is 2.06. The van der Waals surface area contributed by atoms with E-state index >= 15 is 0 Å². The summed E-state index contributed by atoms with van der Waals surface area (Å²) in [5, 5.41) is 4.87. The van der Waals surface area contributed by atoms with Crippen molar-refractivity contribution in [3.05, 3.63) is 64.7 Å². The van der Waals surface area contributed by atoms with E-state index in [1.807, 2.05) is 19.1 Å². The molecule has 1 N–H and O–H groups in total. The number of halogens is 1. The molecular weight excluding hydrogens is 300 g/mol. The minimum atomic E-state index is -0.279. The first-order chi connectivity index (χ1) is 10.6. The first-order valence-electron chi connectivity index (χ1n) is 6.91. The average molecular weight is 317 g/mol. The first kappa shape index (κ1) is 16.0. The lowest BCUT2D eigenvalue weighted by atomic mass is 10.1. The molecule has 0 heterocycles. The third kappa shape index (κ3) is 4.09. The molecule has 0 radical (unpaired) electrons. The zero-order chi connectivity index (χ0) is 15.9. The summed E-state index contributed by atoms with van der Waals surface area (Å²) in [7, 11) is 1.56. The summed E-state index contributed by atoms with van der Waals surface area (Å²) < 4.78 is 5.10. The lowest BCUT2D eigenvalue weighted by Gasteiger charge is -2.06. The molecule has 1 amide bonds. The van der Waals surface area contributed by atoms with Gasteiger partial charge in [0, 0.05) is 10.6 Å². The van der Waals surface area contributed by atoms with Crippen molar-refractivity contribution in [2.24, 2.45) is 5.10 Å². The maximum Gasteiger partial charge on any atom is 0.271 e. The molecule has 0 aliphatic rings. The van der Waals surface area contributed by atoms with Gasteiger partial charge in [-0.1, -0.05) is 36.7 Å². The molecule has 0 unspecified atom stereocenters. The Balaban J connectivity index is 2.14. The lowest BCUT2D eigenvalue weighted by molar-refractivity contribution is 0.0954. The Kier molecular flexibility index (Phi) is 5.55. The number of benzene rings is 2. The molecule has 0 saturated heterocycles. The molecule has 0 atom stereocenters. The van der Waals surface area contributed by atoms with Crippen LogP contribution in [0.1, 0.15) is 29.3 Å². The van der Waals surface area contributed by atoms with Crippen LogP contribution in [0.15, 0.2) is 53.6 Å². The van der Waals surface area contributed by atoms with Gasteiger partial charge in [-0.2, -0.15) is 5.10 Å². The highest BCUT2D eigenvalue weighted by Crippen LogP contribution is 2.13. The van der Waals surface area contributed by atoms with Gasteiger partial charge in [-0.05, 0) is 42.3 Å². The molecule has 114 valence electrons. The molecule has 5 heteroatoms. The molecule has 0 aliphatic carbocycles. The third-order valence-electron chi connectivity index (χ3n) is 3.14. The number of carbonyl (C=O) groups is 1. The van der Waals surface area contributed by atoms with Crippen LogP contribution in [0.2, 0.25) is 5.02 Å². The second-order valence-electron chi connectivity index (χ2n) is 4.59. The van der Waals surface area contributed by atoms with Crippen LogP contribution >= 0.6 is 11.6 Å². The number of carbonyl (C=O) groups excluding carboxylic acids is 1. The predicted molar refractivity (Wildman–Crippen MR) is 88.7 cm³/mol. The van der Waals surface area contributed by atoms with E-state index < -0.39 is 0 Å². The Morgan fingerprint density at radius 2 is 1.91 bits per heavy atom. The van der Waals surface area contributed by atoms with E-state index in [0.717, 1.165) is 11.3 Å². The SMILES string of the molecule is CC/C(=N\NC(=O)c1cccc(OC)c1)c1ccc(Cl)cc1. The summed E-state index contributed by atoms with van der Waals surface area (Å²) in [6.07, 6.45) is 0.694. The number of amides is 1. The van der Waals surface area contributed by atoms with Crippen molar-refractivity contribution in [2.45, 2.75) is 13.3 Å². The van der Waals surface area contributed by atoms with E-state index in [-0.39, 0.29) is 5.91 Å². The van der Waals surface area contributed by atoms with Crippen LogP contribution in [0.4, 0.5) is 0 Å². The minimum Gasteiger partial charge on any atom is -0.497 e. The molecule has 22 heavy (non-hydrogen) atoms. The molecule has 2 aromatic carbocycles. The quantitative estimate of drug-likeness (QED) is 0.672. The molecule has 4 nitrogen and oxygen atoms in total. The van der Waals surface area contributed by atoms with Gasteiger partial charge < -0.3 is 4.74 Å². The average Bonchev–Trinajstić information content (AvgIpc) is 2.56. The Labute approximate surface area is 134 Å². The summed E-state index contributed by atoms with van der Waals surface area (Å²) in [6.45, 7) is 1.98. The molecule has 0 spiro atoms. The fraction of sp³-hybridized carbons (Fsp3) is 0.176. The first-order valence-corrected chi connectivity index (χ1v) is 7.28. The van der Waals surface area contributed by atoms with Crippen LogP contribution in [0.5, 0.6) is 5.75 Å². The minimum absolute atomic E-state index is 0.279. The van der Waals surface area contributed by atoms with Crippen molar-refractivity contribution in [1.29, 1.82) is 0 Å². The monoisotopic (exact) mass is 316 g/mol. The number of nitrogens with zero attached hydrogens (tertiary/aromatic N) is 1. The number of ether oxygens (including phenoxy) is 1. The van der Waals surface area contributed by atoms with Gasteiger partial charge >= 0.3 is 0 Å². The highest BCUT2D eigenvalue weighted by atomic mass is 35.5. The highest BCUT2D eigenvalue weighted by Gasteiger charge is 2.07.